The van der Waals surface area contributed by atoms with E-state index in [1.807, 2.05) is 6.07 Å². The van der Waals surface area contributed by atoms with Crippen LogP contribution >= 0.6 is 0 Å². The molecule has 1 atom stereocenters. The minimum Gasteiger partial charge on any atom is -0.375 e. The molecule has 0 aromatic carbocycles. The van der Waals surface area contributed by atoms with Gasteiger partial charge in [0, 0.05) is 13.7 Å². The van der Waals surface area contributed by atoms with Crippen LogP contribution in [0.2, 0.25) is 0 Å². The van der Waals surface area contributed by atoms with Crippen molar-refractivity contribution in [1.82, 2.24) is 4.90 Å². The van der Waals surface area contributed by atoms with E-state index >= 15 is 0 Å². The van der Waals surface area contributed by atoms with Crippen molar-refractivity contribution in [2.24, 2.45) is 0 Å². The van der Waals surface area contributed by atoms with E-state index in [0.717, 1.165) is 0 Å². The Kier molecular flexibility index (Phi) is 3.68. The number of amides is 1. The molecule has 0 aliphatic carbocycles. The number of ether oxygens (including phenoxy) is 2. The molecule has 0 aromatic heterocycles. The Morgan fingerprint density at radius 3 is 3.23 bits per heavy atom. The van der Waals surface area contributed by atoms with Crippen LogP contribution in [0.1, 0.15) is 0 Å². The molecule has 1 fully saturated rings. The molecule has 1 saturated heterocycles. The van der Waals surface area contributed by atoms with Gasteiger partial charge in [0.2, 0.25) is 5.91 Å². The second-order valence-corrected chi connectivity index (χ2v) is 2.76. The number of nitriles is 1. The molecular formula is C8H12N2O3. The molecule has 1 unspecified atom stereocenters. The van der Waals surface area contributed by atoms with Crippen LogP contribution in [-0.4, -0.2) is 50.3 Å². The van der Waals surface area contributed by atoms with Crippen LogP contribution < -0.4 is 0 Å². The summed E-state index contributed by atoms with van der Waals surface area (Å²) < 4.78 is 9.80. The highest BCUT2D eigenvalue weighted by atomic mass is 16.5. The van der Waals surface area contributed by atoms with E-state index in [2.05, 4.69) is 0 Å². The fourth-order valence-electron chi connectivity index (χ4n) is 1.17. The Balaban J connectivity index is 2.42. The molecule has 1 heterocycles. The first-order chi connectivity index (χ1) is 6.27. The molecule has 0 radical (unpaired) electrons. The van der Waals surface area contributed by atoms with Crippen LogP contribution in [0.25, 0.3) is 0 Å². The summed E-state index contributed by atoms with van der Waals surface area (Å²) in [7, 11) is 1.47. The molecule has 5 heteroatoms. The Labute approximate surface area is 76.8 Å². The SMILES string of the molecule is COCC(=O)N1CCOC(C#N)C1. The van der Waals surface area contributed by atoms with Crippen LogP contribution in [0, 0.1) is 11.3 Å². The fraction of sp³-hybridized carbons (Fsp3) is 0.750. The van der Waals surface area contributed by atoms with E-state index in [4.69, 9.17) is 14.7 Å². The predicted molar refractivity (Wildman–Crippen MR) is 43.8 cm³/mol. The third-order valence-electron chi connectivity index (χ3n) is 1.83. The number of nitrogens with zero attached hydrogens (tertiary/aromatic N) is 2. The van der Waals surface area contributed by atoms with Crippen LogP contribution in [0.5, 0.6) is 0 Å². The second kappa shape index (κ2) is 4.80. The zero-order valence-corrected chi connectivity index (χ0v) is 7.52. The van der Waals surface area contributed by atoms with Gasteiger partial charge in [-0.2, -0.15) is 5.26 Å². The summed E-state index contributed by atoms with van der Waals surface area (Å²) >= 11 is 0. The lowest BCUT2D eigenvalue weighted by molar-refractivity contribution is -0.140. The van der Waals surface area contributed by atoms with Gasteiger partial charge in [0.25, 0.3) is 0 Å². The Morgan fingerprint density at radius 1 is 1.85 bits per heavy atom. The number of carbonyl (C=O) groups is 1. The number of hydrogen-bond acceptors (Lipinski definition) is 4. The van der Waals surface area contributed by atoms with Crippen molar-refractivity contribution in [2.45, 2.75) is 6.10 Å². The number of carbonyl (C=O) groups excluding carboxylic acids is 1. The Bertz CT molecular complexity index is 224. The van der Waals surface area contributed by atoms with Gasteiger partial charge in [-0.1, -0.05) is 0 Å². The lowest BCUT2D eigenvalue weighted by atomic mass is 10.3. The molecule has 0 saturated carbocycles. The van der Waals surface area contributed by atoms with E-state index in [9.17, 15) is 4.79 Å². The number of morpholine rings is 1. The molecule has 13 heavy (non-hydrogen) atoms. The standard InChI is InChI=1S/C8H12N2O3/c1-12-6-8(11)10-2-3-13-7(4-9)5-10/h7H,2-3,5-6H2,1H3. The van der Waals surface area contributed by atoms with Gasteiger partial charge in [-0.05, 0) is 0 Å². The zero-order valence-electron chi connectivity index (χ0n) is 7.52. The van der Waals surface area contributed by atoms with Gasteiger partial charge in [0.1, 0.15) is 6.61 Å². The molecule has 72 valence electrons. The maximum atomic E-state index is 11.3. The third-order valence-corrected chi connectivity index (χ3v) is 1.83. The van der Waals surface area contributed by atoms with Gasteiger partial charge >= 0.3 is 0 Å². The predicted octanol–water partition coefficient (Wildman–Crippen LogP) is -0.616. The molecule has 1 aliphatic heterocycles. The van der Waals surface area contributed by atoms with Crippen molar-refractivity contribution in [1.29, 1.82) is 5.26 Å². The highest BCUT2D eigenvalue weighted by Gasteiger charge is 2.23. The van der Waals surface area contributed by atoms with Gasteiger partial charge in [0.15, 0.2) is 6.10 Å². The van der Waals surface area contributed by atoms with Gasteiger partial charge in [0.05, 0.1) is 19.2 Å². The third kappa shape index (κ3) is 2.68. The zero-order chi connectivity index (χ0) is 9.68. The van der Waals surface area contributed by atoms with E-state index in [1.165, 1.54) is 7.11 Å². The highest BCUT2D eigenvalue weighted by Crippen LogP contribution is 2.04. The lowest BCUT2D eigenvalue weighted by Crippen LogP contribution is -2.46. The molecule has 0 aromatic rings. The normalized spacial score (nSPS) is 22.5. The molecule has 1 rings (SSSR count). The van der Waals surface area contributed by atoms with Crippen molar-refractivity contribution < 1.29 is 14.3 Å². The summed E-state index contributed by atoms with van der Waals surface area (Å²) in [6, 6.07) is 1.97. The van der Waals surface area contributed by atoms with Crippen molar-refractivity contribution in [2.75, 3.05) is 33.4 Å². The van der Waals surface area contributed by atoms with Crippen molar-refractivity contribution in [3.63, 3.8) is 0 Å². The van der Waals surface area contributed by atoms with E-state index in [-0.39, 0.29) is 12.5 Å². The van der Waals surface area contributed by atoms with E-state index < -0.39 is 6.10 Å². The van der Waals surface area contributed by atoms with E-state index in [0.29, 0.717) is 19.7 Å². The fourth-order valence-corrected chi connectivity index (χ4v) is 1.17. The molecule has 1 aliphatic rings. The summed E-state index contributed by atoms with van der Waals surface area (Å²) in [5.41, 5.74) is 0. The van der Waals surface area contributed by atoms with Crippen LogP contribution in [0.15, 0.2) is 0 Å². The van der Waals surface area contributed by atoms with Gasteiger partial charge < -0.3 is 14.4 Å². The molecule has 0 spiro atoms. The largest absolute Gasteiger partial charge is 0.375 e. The lowest BCUT2D eigenvalue weighted by Gasteiger charge is -2.29. The Hall–Kier alpha value is -1.12. The molecule has 1 amide bonds. The van der Waals surface area contributed by atoms with Crippen LogP contribution in [0.3, 0.4) is 0 Å². The topological polar surface area (TPSA) is 62.6 Å². The quantitative estimate of drug-likeness (QED) is 0.574. The van der Waals surface area contributed by atoms with Crippen molar-refractivity contribution >= 4 is 5.91 Å². The maximum Gasteiger partial charge on any atom is 0.248 e. The van der Waals surface area contributed by atoms with Gasteiger partial charge in [-0.3, -0.25) is 4.79 Å². The first kappa shape index (κ1) is 9.96. The van der Waals surface area contributed by atoms with Crippen LogP contribution in [-0.2, 0) is 14.3 Å². The minimum absolute atomic E-state index is 0.0676. The molecule has 0 N–H and O–H groups in total. The van der Waals surface area contributed by atoms with Crippen LogP contribution in [0.4, 0.5) is 0 Å². The molecular weight excluding hydrogens is 172 g/mol. The van der Waals surface area contributed by atoms with Gasteiger partial charge in [-0.15, -0.1) is 0 Å². The molecule has 5 nitrogen and oxygen atoms in total. The average molecular weight is 184 g/mol. The summed E-state index contributed by atoms with van der Waals surface area (Å²) in [6.07, 6.45) is -0.491. The smallest absolute Gasteiger partial charge is 0.248 e. The minimum atomic E-state index is -0.491. The maximum absolute atomic E-state index is 11.3. The summed E-state index contributed by atoms with van der Waals surface area (Å²) in [5, 5.41) is 8.58. The molecule has 0 bridgehead atoms. The first-order valence-electron chi connectivity index (χ1n) is 4.06. The number of methoxy groups -OCH3 is 1. The number of hydrogen-bond donors (Lipinski definition) is 0. The average Bonchev–Trinajstić information content (AvgIpc) is 2.18. The second-order valence-electron chi connectivity index (χ2n) is 2.76. The summed E-state index contributed by atoms with van der Waals surface area (Å²) in [6.45, 7) is 1.38. The monoisotopic (exact) mass is 184 g/mol. The van der Waals surface area contributed by atoms with Crippen molar-refractivity contribution in [3.05, 3.63) is 0 Å². The van der Waals surface area contributed by atoms with Crippen molar-refractivity contribution in [3.8, 4) is 6.07 Å². The Morgan fingerprint density at radius 2 is 2.62 bits per heavy atom. The number of rotatable bonds is 2. The summed E-state index contributed by atoms with van der Waals surface area (Å²) in [4.78, 5) is 12.9. The van der Waals surface area contributed by atoms with E-state index in [1.54, 1.807) is 4.90 Å². The summed E-state index contributed by atoms with van der Waals surface area (Å²) in [5.74, 6) is -0.0916. The highest BCUT2D eigenvalue weighted by molar-refractivity contribution is 5.77. The first-order valence-corrected chi connectivity index (χ1v) is 4.06. The van der Waals surface area contributed by atoms with Gasteiger partial charge in [-0.25, -0.2) is 0 Å².